The summed E-state index contributed by atoms with van der Waals surface area (Å²) in [4.78, 5) is 34.4. The van der Waals surface area contributed by atoms with E-state index in [0.717, 1.165) is 16.7 Å². The maximum atomic E-state index is 12.1. The standard InChI is InChI=1S/C23H27NO5/c1-2-29-23(28)15-12-20(24-21(25)13-14-22(26)27)16-17-8-10-19(11-9-17)18-6-4-3-5-7-18/h3-11,20H,2,12-16H2,1H3,(H,24,25)(H,26,27)/t20-/m1/s1. The first-order chi connectivity index (χ1) is 14.0. The lowest BCUT2D eigenvalue weighted by Crippen LogP contribution is -2.37. The van der Waals surface area contributed by atoms with E-state index >= 15 is 0 Å². The molecular formula is C23H27NO5. The van der Waals surface area contributed by atoms with E-state index in [1.807, 2.05) is 54.6 Å². The van der Waals surface area contributed by atoms with Crippen LogP contribution in [0.25, 0.3) is 11.1 Å². The van der Waals surface area contributed by atoms with Crippen LogP contribution in [0, 0.1) is 0 Å². The Morgan fingerprint density at radius 2 is 1.59 bits per heavy atom. The number of esters is 1. The molecule has 0 unspecified atom stereocenters. The van der Waals surface area contributed by atoms with E-state index in [-0.39, 0.29) is 37.2 Å². The van der Waals surface area contributed by atoms with Gasteiger partial charge in [0.15, 0.2) is 0 Å². The van der Waals surface area contributed by atoms with Crippen molar-refractivity contribution in [1.29, 1.82) is 0 Å². The number of hydrogen-bond acceptors (Lipinski definition) is 4. The minimum absolute atomic E-state index is 0.0851. The van der Waals surface area contributed by atoms with Gasteiger partial charge < -0.3 is 15.2 Å². The third kappa shape index (κ3) is 8.17. The Kier molecular flexibility index (Phi) is 8.89. The van der Waals surface area contributed by atoms with Crippen molar-refractivity contribution in [3.05, 3.63) is 60.2 Å². The van der Waals surface area contributed by atoms with Gasteiger partial charge in [-0.2, -0.15) is 0 Å². The monoisotopic (exact) mass is 397 g/mol. The first-order valence-corrected chi connectivity index (χ1v) is 9.79. The summed E-state index contributed by atoms with van der Waals surface area (Å²) in [5, 5.41) is 11.6. The van der Waals surface area contributed by atoms with Crippen molar-refractivity contribution in [3.8, 4) is 11.1 Å². The molecule has 29 heavy (non-hydrogen) atoms. The van der Waals surface area contributed by atoms with E-state index in [0.29, 0.717) is 19.4 Å². The van der Waals surface area contributed by atoms with Crippen LogP contribution in [0.4, 0.5) is 0 Å². The fraction of sp³-hybridized carbons (Fsp3) is 0.348. The molecule has 0 bridgehead atoms. The molecule has 6 nitrogen and oxygen atoms in total. The van der Waals surface area contributed by atoms with Gasteiger partial charge in [0.25, 0.3) is 0 Å². The van der Waals surface area contributed by atoms with E-state index in [9.17, 15) is 14.4 Å². The van der Waals surface area contributed by atoms with Crippen molar-refractivity contribution < 1.29 is 24.2 Å². The highest BCUT2D eigenvalue weighted by molar-refractivity contribution is 5.81. The lowest BCUT2D eigenvalue weighted by atomic mass is 9.98. The predicted octanol–water partition coefficient (Wildman–Crippen LogP) is 3.59. The highest BCUT2D eigenvalue weighted by atomic mass is 16.5. The summed E-state index contributed by atoms with van der Waals surface area (Å²) in [6, 6.07) is 17.8. The van der Waals surface area contributed by atoms with Gasteiger partial charge in [0.2, 0.25) is 5.91 Å². The maximum absolute atomic E-state index is 12.1. The van der Waals surface area contributed by atoms with Crippen LogP contribution in [-0.2, 0) is 25.5 Å². The molecule has 0 aliphatic rings. The molecule has 0 spiro atoms. The zero-order valence-corrected chi connectivity index (χ0v) is 16.6. The highest BCUT2D eigenvalue weighted by Crippen LogP contribution is 2.20. The molecule has 0 aromatic heterocycles. The Morgan fingerprint density at radius 1 is 0.931 bits per heavy atom. The fourth-order valence-corrected chi connectivity index (χ4v) is 3.02. The van der Waals surface area contributed by atoms with Crippen LogP contribution in [-0.4, -0.2) is 35.6 Å². The Balaban J connectivity index is 2.01. The molecule has 154 valence electrons. The number of carboxylic acids is 1. The molecular weight excluding hydrogens is 370 g/mol. The summed E-state index contributed by atoms with van der Waals surface area (Å²) in [7, 11) is 0. The zero-order valence-electron chi connectivity index (χ0n) is 16.6. The Hall–Kier alpha value is -3.15. The van der Waals surface area contributed by atoms with Crippen molar-refractivity contribution in [1.82, 2.24) is 5.32 Å². The maximum Gasteiger partial charge on any atom is 0.305 e. The molecule has 6 heteroatoms. The number of aliphatic carboxylic acids is 1. The first kappa shape index (κ1) is 22.1. The van der Waals surface area contributed by atoms with E-state index in [1.165, 1.54) is 0 Å². The van der Waals surface area contributed by atoms with Crippen molar-refractivity contribution in [2.45, 2.75) is 45.1 Å². The molecule has 2 rings (SSSR count). The molecule has 0 aliphatic carbocycles. The van der Waals surface area contributed by atoms with Crippen LogP contribution >= 0.6 is 0 Å². The molecule has 0 aliphatic heterocycles. The number of carbonyl (C=O) groups excluding carboxylic acids is 2. The van der Waals surface area contributed by atoms with Gasteiger partial charge in [-0.1, -0.05) is 54.6 Å². The number of carboxylic acid groups (broad SMARTS) is 1. The Bertz CT molecular complexity index is 802. The summed E-state index contributed by atoms with van der Waals surface area (Å²) in [6.45, 7) is 2.06. The number of hydrogen-bond donors (Lipinski definition) is 2. The number of ether oxygens (including phenoxy) is 1. The first-order valence-electron chi connectivity index (χ1n) is 9.79. The molecule has 0 heterocycles. The van der Waals surface area contributed by atoms with Crippen molar-refractivity contribution in [3.63, 3.8) is 0 Å². The van der Waals surface area contributed by atoms with Gasteiger partial charge >= 0.3 is 11.9 Å². The molecule has 1 amide bonds. The summed E-state index contributed by atoms with van der Waals surface area (Å²) in [6.07, 6.45) is 0.867. The highest BCUT2D eigenvalue weighted by Gasteiger charge is 2.16. The molecule has 0 fully saturated rings. The van der Waals surface area contributed by atoms with E-state index in [4.69, 9.17) is 9.84 Å². The van der Waals surface area contributed by atoms with Crippen molar-refractivity contribution >= 4 is 17.8 Å². The van der Waals surface area contributed by atoms with Gasteiger partial charge in [-0.15, -0.1) is 0 Å². The average Bonchev–Trinajstić information content (AvgIpc) is 2.72. The second-order valence-electron chi connectivity index (χ2n) is 6.77. The number of amides is 1. The summed E-state index contributed by atoms with van der Waals surface area (Å²) < 4.78 is 4.96. The molecule has 2 N–H and O–H groups in total. The molecule has 0 saturated heterocycles. The van der Waals surface area contributed by atoms with Crippen LogP contribution in [0.1, 0.15) is 38.2 Å². The smallest absolute Gasteiger partial charge is 0.305 e. The second kappa shape index (κ2) is 11.6. The predicted molar refractivity (Wildman–Crippen MR) is 110 cm³/mol. The van der Waals surface area contributed by atoms with E-state index < -0.39 is 5.97 Å². The minimum Gasteiger partial charge on any atom is -0.481 e. The molecule has 0 saturated carbocycles. The summed E-state index contributed by atoms with van der Waals surface area (Å²) in [5.74, 6) is -1.65. The number of carbonyl (C=O) groups is 3. The van der Waals surface area contributed by atoms with Crippen molar-refractivity contribution in [2.24, 2.45) is 0 Å². The van der Waals surface area contributed by atoms with E-state index in [2.05, 4.69) is 5.32 Å². The van der Waals surface area contributed by atoms with Crippen LogP contribution in [0.3, 0.4) is 0 Å². The van der Waals surface area contributed by atoms with E-state index in [1.54, 1.807) is 6.92 Å². The van der Waals surface area contributed by atoms with Gasteiger partial charge in [0.1, 0.15) is 0 Å². The Morgan fingerprint density at radius 3 is 2.21 bits per heavy atom. The number of nitrogens with one attached hydrogen (secondary N) is 1. The third-order valence-corrected chi connectivity index (χ3v) is 4.48. The van der Waals surface area contributed by atoms with Gasteiger partial charge in [-0.05, 0) is 36.5 Å². The SMILES string of the molecule is CCOC(=O)CC[C@H](Cc1ccc(-c2ccccc2)cc1)NC(=O)CCC(=O)O. The molecule has 0 radical (unpaired) electrons. The van der Waals surface area contributed by atoms with Gasteiger partial charge in [0.05, 0.1) is 13.0 Å². The lowest BCUT2D eigenvalue weighted by Gasteiger charge is -2.19. The summed E-state index contributed by atoms with van der Waals surface area (Å²) in [5.41, 5.74) is 3.25. The van der Waals surface area contributed by atoms with Gasteiger partial charge in [-0.3, -0.25) is 14.4 Å². The molecule has 2 aromatic rings. The molecule has 1 atom stereocenters. The fourth-order valence-electron chi connectivity index (χ4n) is 3.02. The topological polar surface area (TPSA) is 92.7 Å². The van der Waals surface area contributed by atoms with Gasteiger partial charge in [-0.25, -0.2) is 0 Å². The Labute approximate surface area is 170 Å². The zero-order chi connectivity index (χ0) is 21.1. The number of benzene rings is 2. The largest absolute Gasteiger partial charge is 0.481 e. The van der Waals surface area contributed by atoms with Gasteiger partial charge in [0, 0.05) is 18.9 Å². The van der Waals surface area contributed by atoms with Crippen LogP contribution in [0.5, 0.6) is 0 Å². The van der Waals surface area contributed by atoms with Crippen LogP contribution < -0.4 is 5.32 Å². The quantitative estimate of drug-likeness (QED) is 0.565. The number of rotatable bonds is 11. The second-order valence-corrected chi connectivity index (χ2v) is 6.77. The minimum atomic E-state index is -1.01. The normalized spacial score (nSPS) is 11.5. The third-order valence-electron chi connectivity index (χ3n) is 4.48. The summed E-state index contributed by atoms with van der Waals surface area (Å²) >= 11 is 0. The average molecular weight is 397 g/mol. The lowest BCUT2D eigenvalue weighted by molar-refractivity contribution is -0.143. The van der Waals surface area contributed by atoms with Crippen LogP contribution in [0.15, 0.2) is 54.6 Å². The van der Waals surface area contributed by atoms with Crippen molar-refractivity contribution in [2.75, 3.05) is 6.61 Å². The molecule has 2 aromatic carbocycles. The van der Waals surface area contributed by atoms with Crippen LogP contribution in [0.2, 0.25) is 0 Å².